The summed E-state index contributed by atoms with van der Waals surface area (Å²) < 4.78 is 5.91. The zero-order valence-electron chi connectivity index (χ0n) is 19.0. The molecule has 4 aromatic heterocycles. The van der Waals surface area contributed by atoms with Gasteiger partial charge in [-0.05, 0) is 49.8 Å². The Kier molecular flexibility index (Phi) is 5.73. The predicted molar refractivity (Wildman–Crippen MR) is 137 cm³/mol. The van der Waals surface area contributed by atoms with Gasteiger partial charge in [-0.1, -0.05) is 13.8 Å². The molecule has 32 heavy (non-hydrogen) atoms. The summed E-state index contributed by atoms with van der Waals surface area (Å²) in [6.45, 7) is 8.78. The van der Waals surface area contributed by atoms with Crippen molar-refractivity contribution in [1.29, 1.82) is 0 Å². The Morgan fingerprint density at radius 2 is 1.72 bits per heavy atom. The monoisotopic (exact) mass is 542 g/mol. The molecular formula is C22H28BIN8. The summed E-state index contributed by atoms with van der Waals surface area (Å²) in [4.78, 5) is 7.42. The molecule has 5 heterocycles. The van der Waals surface area contributed by atoms with Gasteiger partial charge in [0.05, 0.1) is 22.6 Å². The Morgan fingerprint density at radius 1 is 1.03 bits per heavy atom. The Labute approximate surface area is 202 Å². The minimum absolute atomic E-state index is 0.641. The molecule has 0 aromatic carbocycles. The van der Waals surface area contributed by atoms with Crippen LogP contribution >= 0.6 is 22.4 Å². The molecule has 1 aliphatic rings. The van der Waals surface area contributed by atoms with Crippen molar-refractivity contribution in [3.63, 3.8) is 0 Å². The van der Waals surface area contributed by atoms with Crippen LogP contribution in [0.4, 0.5) is 5.82 Å². The van der Waals surface area contributed by atoms with Gasteiger partial charge in [0.1, 0.15) is 5.82 Å². The zero-order chi connectivity index (χ0) is 22.4. The van der Waals surface area contributed by atoms with Gasteiger partial charge >= 0.3 is 5.27 Å². The van der Waals surface area contributed by atoms with E-state index in [0.717, 1.165) is 58.2 Å². The number of aromatic nitrogens is 7. The average Bonchev–Trinajstić information content (AvgIpc) is 3.47. The summed E-state index contributed by atoms with van der Waals surface area (Å²) in [6, 6.07) is 6.31. The normalized spacial score (nSPS) is 19.5. The maximum Gasteiger partial charge on any atom is 0.336 e. The molecule has 1 aliphatic heterocycles. The Bertz CT molecular complexity index is 1250. The second-order valence-electron chi connectivity index (χ2n) is 9.07. The minimum Gasteiger partial charge on any atom is -0.355 e. The first-order valence-electron chi connectivity index (χ1n) is 11.2. The number of nitrogens with zero attached hydrogens (tertiary/aromatic N) is 8. The van der Waals surface area contributed by atoms with E-state index in [1.807, 2.05) is 39.3 Å². The van der Waals surface area contributed by atoms with Gasteiger partial charge in [-0.15, -0.1) is 27.5 Å². The van der Waals surface area contributed by atoms with Crippen molar-refractivity contribution in [3.05, 3.63) is 36.3 Å². The summed E-state index contributed by atoms with van der Waals surface area (Å²) in [5.74, 6) is 3.10. The van der Waals surface area contributed by atoms with Gasteiger partial charge < -0.3 is 4.90 Å². The number of aryl methyl sites for hydroxylation is 2. The van der Waals surface area contributed by atoms with Crippen molar-refractivity contribution >= 4 is 39.0 Å². The van der Waals surface area contributed by atoms with Gasteiger partial charge in [0, 0.05) is 38.1 Å². The molecular weight excluding hydrogens is 514 g/mol. The number of halogens is 1. The molecule has 0 aliphatic carbocycles. The second kappa shape index (κ2) is 8.53. The van der Waals surface area contributed by atoms with Crippen molar-refractivity contribution < 1.29 is 0 Å². The van der Waals surface area contributed by atoms with Crippen LogP contribution in [0.3, 0.4) is 0 Å². The fourth-order valence-corrected chi connectivity index (χ4v) is 5.33. The van der Waals surface area contributed by atoms with E-state index >= 15 is 0 Å². The van der Waals surface area contributed by atoms with Gasteiger partial charge in [-0.25, -0.2) is 9.50 Å². The largest absolute Gasteiger partial charge is 0.355 e. The third-order valence-corrected chi connectivity index (χ3v) is 7.10. The van der Waals surface area contributed by atoms with E-state index in [-0.39, 0.29) is 0 Å². The van der Waals surface area contributed by atoms with Gasteiger partial charge in [0.25, 0.3) is 0 Å². The van der Waals surface area contributed by atoms with Crippen molar-refractivity contribution in [2.45, 2.75) is 33.6 Å². The molecule has 0 spiro atoms. The molecule has 166 valence electrons. The lowest BCUT2D eigenvalue weighted by atomic mass is 10.0. The Balaban J connectivity index is 1.77. The van der Waals surface area contributed by atoms with Crippen LogP contribution in [0.1, 0.15) is 32.4 Å². The second-order valence-corrected chi connectivity index (χ2v) is 9.75. The van der Waals surface area contributed by atoms with E-state index in [1.165, 1.54) is 12.8 Å². The zero-order valence-corrected chi connectivity index (χ0v) is 21.2. The maximum absolute atomic E-state index is 5.17. The number of rotatable bonds is 4. The Hall–Kier alpha value is -2.37. The standard InChI is InChI=1S/C22H28BIN8/c1-14-5-6-15(2)13-30(12-14)20-11-17(18-7-9-25-29(18)4)21-16(3)27-22(31(21)28-20)19-8-10-26-32(19)23-24/h7-11,14-15,23H,5-6,12-13H2,1-4H3. The molecule has 0 saturated carbocycles. The van der Waals surface area contributed by atoms with Gasteiger partial charge in [0.15, 0.2) is 5.82 Å². The molecule has 8 nitrogen and oxygen atoms in total. The first kappa shape index (κ1) is 21.5. The Morgan fingerprint density at radius 3 is 2.38 bits per heavy atom. The van der Waals surface area contributed by atoms with E-state index in [1.54, 1.807) is 0 Å². The smallest absolute Gasteiger partial charge is 0.336 e. The lowest BCUT2D eigenvalue weighted by Crippen LogP contribution is -2.31. The van der Waals surface area contributed by atoms with Crippen LogP contribution in [-0.4, -0.2) is 52.4 Å². The quantitative estimate of drug-likeness (QED) is 0.291. The first-order chi connectivity index (χ1) is 15.5. The molecule has 4 aromatic rings. The predicted octanol–water partition coefficient (Wildman–Crippen LogP) is 3.72. The average molecular weight is 542 g/mol. The van der Waals surface area contributed by atoms with Crippen LogP contribution in [-0.2, 0) is 7.05 Å². The van der Waals surface area contributed by atoms with Crippen LogP contribution in [0.25, 0.3) is 28.3 Å². The highest BCUT2D eigenvalue weighted by Crippen LogP contribution is 2.34. The van der Waals surface area contributed by atoms with Crippen LogP contribution < -0.4 is 4.90 Å². The van der Waals surface area contributed by atoms with E-state index in [2.05, 4.69) is 70.4 Å². The highest BCUT2D eigenvalue weighted by molar-refractivity contribution is 14.1. The number of fused-ring (bicyclic) bond motifs is 1. The van der Waals surface area contributed by atoms with Gasteiger partial charge in [0.2, 0.25) is 0 Å². The summed E-state index contributed by atoms with van der Waals surface area (Å²) in [5.41, 5.74) is 5.11. The topological polar surface area (TPSA) is 69.1 Å². The summed E-state index contributed by atoms with van der Waals surface area (Å²) in [6.07, 6.45) is 6.20. The van der Waals surface area contributed by atoms with Crippen molar-refractivity contribution in [1.82, 2.24) is 34.1 Å². The lowest BCUT2D eigenvalue weighted by Gasteiger charge is -2.26. The molecule has 10 heteroatoms. The number of hydrogen-bond acceptors (Lipinski definition) is 5. The molecule has 1 saturated heterocycles. The highest BCUT2D eigenvalue weighted by Gasteiger charge is 2.25. The first-order valence-corrected chi connectivity index (χ1v) is 12.7. The molecule has 0 bridgehead atoms. The maximum atomic E-state index is 5.17. The lowest BCUT2D eigenvalue weighted by molar-refractivity contribution is 0.498. The fourth-order valence-electron chi connectivity index (χ4n) is 4.79. The minimum atomic E-state index is 0.641. The van der Waals surface area contributed by atoms with E-state index in [4.69, 9.17) is 10.1 Å². The van der Waals surface area contributed by atoms with Crippen LogP contribution in [0.2, 0.25) is 0 Å². The van der Waals surface area contributed by atoms with Crippen molar-refractivity contribution in [3.8, 4) is 22.8 Å². The molecule has 1 fully saturated rings. The third kappa shape index (κ3) is 3.72. The fraction of sp³-hybridized carbons (Fsp3) is 0.455. The summed E-state index contributed by atoms with van der Waals surface area (Å²) >= 11 is 2.33. The molecule has 2 unspecified atom stereocenters. The summed E-state index contributed by atoms with van der Waals surface area (Å²) in [7, 11) is 1.99. The third-order valence-electron chi connectivity index (χ3n) is 6.46. The number of anilines is 1. The number of hydrogen-bond donors (Lipinski definition) is 0. The molecule has 0 N–H and O–H groups in total. The molecule has 5 rings (SSSR count). The number of imidazole rings is 1. The molecule has 0 radical (unpaired) electrons. The van der Waals surface area contributed by atoms with Crippen LogP contribution in [0.15, 0.2) is 30.6 Å². The van der Waals surface area contributed by atoms with Crippen LogP contribution in [0.5, 0.6) is 0 Å². The van der Waals surface area contributed by atoms with Crippen LogP contribution in [0, 0.1) is 18.8 Å². The van der Waals surface area contributed by atoms with Gasteiger partial charge in [-0.2, -0.15) is 10.2 Å². The summed E-state index contributed by atoms with van der Waals surface area (Å²) in [5, 5.41) is 14.8. The van der Waals surface area contributed by atoms with Crippen molar-refractivity contribution in [2.24, 2.45) is 18.9 Å². The molecule has 2 atom stereocenters. The van der Waals surface area contributed by atoms with E-state index in [0.29, 0.717) is 11.8 Å². The molecule has 0 amide bonds. The van der Waals surface area contributed by atoms with E-state index < -0.39 is 0 Å². The SMILES string of the molecule is Cc1nc(-c2ccnn2BI)n2nc(N3CC(C)CCC(C)C3)cc(-c3ccnn3C)c12. The van der Waals surface area contributed by atoms with E-state index in [9.17, 15) is 0 Å². The highest BCUT2D eigenvalue weighted by atomic mass is 127. The van der Waals surface area contributed by atoms with Gasteiger partial charge in [-0.3, -0.25) is 9.27 Å². The van der Waals surface area contributed by atoms with Crippen molar-refractivity contribution in [2.75, 3.05) is 18.0 Å².